The van der Waals surface area contributed by atoms with Crippen LogP contribution in [0.3, 0.4) is 0 Å². The summed E-state index contributed by atoms with van der Waals surface area (Å²) in [6.45, 7) is 1.46. The van der Waals surface area contributed by atoms with E-state index in [1.54, 1.807) is 17.9 Å². The quantitative estimate of drug-likeness (QED) is 0.736. The second kappa shape index (κ2) is 9.85. The van der Waals surface area contributed by atoms with E-state index in [9.17, 15) is 4.79 Å². The predicted molar refractivity (Wildman–Crippen MR) is 112 cm³/mol. The molecule has 0 saturated heterocycles. The molecular weight excluding hydrogens is 350 g/mol. The van der Waals surface area contributed by atoms with Gasteiger partial charge in [-0.15, -0.1) is 0 Å². The molecule has 28 heavy (non-hydrogen) atoms. The molecule has 1 heterocycles. The zero-order chi connectivity index (χ0) is 19.9. The lowest BCUT2D eigenvalue weighted by Gasteiger charge is -2.31. The Bertz CT molecular complexity index is 766. The van der Waals surface area contributed by atoms with Crippen molar-refractivity contribution in [1.82, 2.24) is 25.3 Å². The van der Waals surface area contributed by atoms with Gasteiger partial charge in [-0.2, -0.15) is 5.10 Å². The third kappa shape index (κ3) is 5.20. The van der Waals surface area contributed by atoms with Gasteiger partial charge in [0.15, 0.2) is 0 Å². The minimum atomic E-state index is -0.397. The molecule has 2 aromatic rings. The van der Waals surface area contributed by atoms with Gasteiger partial charge < -0.3 is 10.6 Å². The van der Waals surface area contributed by atoms with Gasteiger partial charge in [0, 0.05) is 37.9 Å². The van der Waals surface area contributed by atoms with Crippen LogP contribution >= 0.6 is 0 Å². The second-order valence-electron chi connectivity index (χ2n) is 7.86. The second-order valence-corrected chi connectivity index (χ2v) is 7.86. The molecule has 2 N–H and O–H groups in total. The molecule has 6 heteroatoms. The number of hydrogen-bond donors (Lipinski definition) is 2. The van der Waals surface area contributed by atoms with Gasteiger partial charge in [-0.1, -0.05) is 43.5 Å². The van der Waals surface area contributed by atoms with E-state index in [0.29, 0.717) is 12.6 Å². The van der Waals surface area contributed by atoms with E-state index in [1.165, 1.54) is 43.2 Å². The van der Waals surface area contributed by atoms with Crippen LogP contribution in [0.4, 0.5) is 0 Å². The zero-order valence-corrected chi connectivity index (χ0v) is 17.3. The van der Waals surface area contributed by atoms with Crippen molar-refractivity contribution in [3.8, 4) is 0 Å². The lowest BCUT2D eigenvalue weighted by Crippen LogP contribution is -2.36. The average Bonchev–Trinajstić information content (AvgIpc) is 3.14. The van der Waals surface area contributed by atoms with Crippen molar-refractivity contribution in [3.63, 3.8) is 0 Å². The first-order valence-corrected chi connectivity index (χ1v) is 10.3. The Balaban J connectivity index is 1.61. The molecule has 0 bridgehead atoms. The highest BCUT2D eigenvalue weighted by molar-refractivity contribution is 5.83. The molecule has 0 radical (unpaired) electrons. The van der Waals surface area contributed by atoms with Gasteiger partial charge in [0.05, 0.1) is 6.20 Å². The molecule has 1 aromatic carbocycles. The van der Waals surface area contributed by atoms with Crippen molar-refractivity contribution >= 4 is 5.91 Å². The molecule has 1 aliphatic carbocycles. The molecule has 1 unspecified atom stereocenters. The largest absolute Gasteiger partial charge is 0.350 e. The van der Waals surface area contributed by atoms with Crippen LogP contribution in [0, 0.1) is 0 Å². The fraction of sp³-hybridized carbons (Fsp3) is 0.545. The van der Waals surface area contributed by atoms with Gasteiger partial charge in [-0.25, -0.2) is 0 Å². The fourth-order valence-corrected chi connectivity index (χ4v) is 4.13. The Labute approximate surface area is 168 Å². The predicted octanol–water partition coefficient (Wildman–Crippen LogP) is 2.76. The molecule has 0 aliphatic heterocycles. The van der Waals surface area contributed by atoms with Crippen molar-refractivity contribution < 1.29 is 4.79 Å². The highest BCUT2D eigenvalue weighted by Gasteiger charge is 2.21. The topological polar surface area (TPSA) is 62.2 Å². The first kappa shape index (κ1) is 20.6. The molecule has 6 nitrogen and oxygen atoms in total. The minimum Gasteiger partial charge on any atom is -0.350 e. The van der Waals surface area contributed by atoms with E-state index in [-0.39, 0.29) is 5.91 Å². The van der Waals surface area contributed by atoms with Gasteiger partial charge in [0.25, 0.3) is 0 Å². The number of carbonyl (C=O) groups excluding carboxylic acids is 1. The molecular formula is C22H33N5O. The summed E-state index contributed by atoms with van der Waals surface area (Å²) in [7, 11) is 5.88. The summed E-state index contributed by atoms with van der Waals surface area (Å²) >= 11 is 0. The average molecular weight is 384 g/mol. The summed E-state index contributed by atoms with van der Waals surface area (Å²) in [6.07, 6.45) is 10.2. The van der Waals surface area contributed by atoms with Crippen LogP contribution in [0.5, 0.6) is 0 Å². The number of nitrogens with zero attached hydrogens (tertiary/aromatic N) is 3. The van der Waals surface area contributed by atoms with Crippen molar-refractivity contribution in [1.29, 1.82) is 0 Å². The third-order valence-corrected chi connectivity index (χ3v) is 5.80. The summed E-state index contributed by atoms with van der Waals surface area (Å²) in [5.41, 5.74) is 3.34. The van der Waals surface area contributed by atoms with E-state index in [2.05, 4.69) is 45.9 Å². The highest BCUT2D eigenvalue weighted by atomic mass is 16.2. The number of aromatic nitrogens is 2. The number of likely N-dealkylation sites (N-methyl/N-ethyl adjacent to an activating group) is 1. The molecule has 1 saturated carbocycles. The summed E-state index contributed by atoms with van der Waals surface area (Å²) in [5.74, 6) is -0.0362. The lowest BCUT2D eigenvalue weighted by molar-refractivity contribution is -0.123. The number of rotatable bonds is 8. The van der Waals surface area contributed by atoms with Crippen LogP contribution in [0.2, 0.25) is 0 Å². The number of nitrogens with one attached hydrogen (secondary N) is 2. The van der Waals surface area contributed by atoms with Crippen LogP contribution in [-0.4, -0.2) is 40.7 Å². The van der Waals surface area contributed by atoms with Crippen molar-refractivity contribution in [2.45, 2.75) is 57.3 Å². The fourth-order valence-electron chi connectivity index (χ4n) is 4.13. The van der Waals surface area contributed by atoms with Gasteiger partial charge in [-0.3, -0.25) is 14.4 Å². The molecule has 1 amide bonds. The minimum absolute atomic E-state index is 0.0362. The van der Waals surface area contributed by atoms with Crippen LogP contribution in [0.1, 0.15) is 54.8 Å². The monoisotopic (exact) mass is 383 g/mol. The Morgan fingerprint density at radius 1 is 1.25 bits per heavy atom. The van der Waals surface area contributed by atoms with Crippen LogP contribution < -0.4 is 10.6 Å². The maximum absolute atomic E-state index is 12.7. The molecule has 152 valence electrons. The van der Waals surface area contributed by atoms with E-state index in [0.717, 1.165) is 12.1 Å². The van der Waals surface area contributed by atoms with E-state index < -0.39 is 6.04 Å². The molecule has 1 aliphatic rings. The molecule has 1 fully saturated rings. The van der Waals surface area contributed by atoms with Gasteiger partial charge in [-0.05, 0) is 38.1 Å². The standard InChI is InChI=1S/C22H33N5O/c1-23-21(19-14-25-27(3)16-19)22(28)24-13-17-9-7-8-10-18(17)15-26(2)20-11-5-4-6-12-20/h7-10,14,16,20-21,23H,4-6,11-13,15H2,1-3H3,(H,24,28). The summed E-state index contributed by atoms with van der Waals surface area (Å²) in [5, 5.41) is 10.3. The Kier molecular flexibility index (Phi) is 7.23. The number of amides is 1. The smallest absolute Gasteiger partial charge is 0.242 e. The van der Waals surface area contributed by atoms with E-state index >= 15 is 0 Å². The normalized spacial score (nSPS) is 16.3. The van der Waals surface area contributed by atoms with Crippen LogP contribution in [0.25, 0.3) is 0 Å². The summed E-state index contributed by atoms with van der Waals surface area (Å²) in [6, 6.07) is 8.70. The Morgan fingerprint density at radius 2 is 1.96 bits per heavy atom. The SMILES string of the molecule is CNC(C(=O)NCc1ccccc1CN(C)C1CCCCC1)c1cnn(C)c1. The number of benzene rings is 1. The van der Waals surface area contributed by atoms with Crippen LogP contribution in [0.15, 0.2) is 36.7 Å². The number of aryl methyl sites for hydroxylation is 1. The maximum Gasteiger partial charge on any atom is 0.242 e. The lowest BCUT2D eigenvalue weighted by atomic mass is 9.94. The number of hydrogen-bond acceptors (Lipinski definition) is 4. The highest BCUT2D eigenvalue weighted by Crippen LogP contribution is 2.23. The molecule has 0 spiro atoms. The molecule has 1 atom stereocenters. The van der Waals surface area contributed by atoms with Crippen molar-refractivity contribution in [2.75, 3.05) is 14.1 Å². The van der Waals surface area contributed by atoms with Crippen molar-refractivity contribution in [3.05, 3.63) is 53.3 Å². The van der Waals surface area contributed by atoms with Gasteiger partial charge in [0.2, 0.25) is 5.91 Å². The Hall–Kier alpha value is -2.18. The van der Waals surface area contributed by atoms with Gasteiger partial charge >= 0.3 is 0 Å². The maximum atomic E-state index is 12.7. The molecule has 3 rings (SSSR count). The van der Waals surface area contributed by atoms with Crippen molar-refractivity contribution in [2.24, 2.45) is 7.05 Å². The number of carbonyl (C=O) groups is 1. The first-order chi connectivity index (χ1) is 13.6. The summed E-state index contributed by atoms with van der Waals surface area (Å²) in [4.78, 5) is 15.2. The Morgan fingerprint density at radius 3 is 2.61 bits per heavy atom. The van der Waals surface area contributed by atoms with Crippen LogP contribution in [-0.2, 0) is 24.9 Å². The molecule has 1 aromatic heterocycles. The first-order valence-electron chi connectivity index (χ1n) is 10.3. The summed E-state index contributed by atoms with van der Waals surface area (Å²) < 4.78 is 1.71. The third-order valence-electron chi connectivity index (χ3n) is 5.80. The van der Waals surface area contributed by atoms with E-state index in [1.807, 2.05) is 19.3 Å². The zero-order valence-electron chi connectivity index (χ0n) is 17.3. The van der Waals surface area contributed by atoms with E-state index in [4.69, 9.17) is 0 Å². The van der Waals surface area contributed by atoms with Gasteiger partial charge in [0.1, 0.15) is 6.04 Å².